The van der Waals surface area contributed by atoms with E-state index < -0.39 is 0 Å². The Kier molecular flexibility index (Phi) is 430. The monoisotopic (exact) mass is 189 g/mol. The molecule has 0 aromatic rings. The summed E-state index contributed by atoms with van der Waals surface area (Å²) in [7, 11) is 0. The van der Waals surface area contributed by atoms with Crippen LogP contribution >= 0.6 is 0 Å². The number of hydrogen-bond donors (Lipinski definition) is 0. The molecule has 0 aromatic heterocycles. The van der Waals surface area contributed by atoms with Crippen molar-refractivity contribution in [3.63, 3.8) is 0 Å². The molecule has 0 heterocycles. The van der Waals surface area contributed by atoms with Crippen molar-refractivity contribution >= 4 is 18.9 Å². The fraction of sp³-hybridized carbons (Fsp3) is 0. The summed E-state index contributed by atoms with van der Waals surface area (Å²) in [5, 5.41) is 0. The molecule has 31 valence electrons. The van der Waals surface area contributed by atoms with Gasteiger partial charge in [0.05, 0.1) is 0 Å². The Bertz CT molecular complexity index is 11.6. The van der Waals surface area contributed by atoms with Crippen LogP contribution in [0, 0.1) is 0 Å². The maximum absolute atomic E-state index is 0. The summed E-state index contributed by atoms with van der Waals surface area (Å²) in [6, 6.07) is 0. The first kappa shape index (κ1) is 59.8. The summed E-state index contributed by atoms with van der Waals surface area (Å²) in [6.45, 7) is 0. The second-order valence-corrected chi connectivity index (χ2v) is 0. The van der Waals surface area contributed by atoms with Crippen molar-refractivity contribution in [3.8, 4) is 0 Å². The van der Waals surface area contributed by atoms with Gasteiger partial charge in [-0.1, -0.05) is 0 Å². The van der Waals surface area contributed by atoms with E-state index >= 15 is 0 Å². The van der Waals surface area contributed by atoms with E-state index in [4.69, 9.17) is 0 Å². The van der Waals surface area contributed by atoms with Gasteiger partial charge in [-0.3, -0.25) is 0 Å². The Morgan fingerprint density at radius 2 is 1.00 bits per heavy atom. The molecule has 0 atom stereocenters. The molecule has 0 saturated heterocycles. The summed E-state index contributed by atoms with van der Waals surface area (Å²) in [5.41, 5.74) is 0. The summed E-state index contributed by atoms with van der Waals surface area (Å²) in [5.74, 6) is 0. The zero-order valence-electron chi connectivity index (χ0n) is 1.51. The summed E-state index contributed by atoms with van der Waals surface area (Å²) in [6.07, 6.45) is 0. The van der Waals surface area contributed by atoms with Crippen molar-refractivity contribution in [3.05, 3.63) is 0 Å². The normalized spacial score (nSPS) is 0. The molecule has 0 rings (SSSR count). The molecule has 0 spiro atoms. The van der Waals surface area contributed by atoms with Crippen LogP contribution in [0.25, 0.3) is 0 Å². The molecule has 0 fully saturated rings. The largest absolute Gasteiger partial charge is 2.00 e. The van der Waals surface area contributed by atoms with E-state index in [1.165, 1.54) is 0 Å². The maximum Gasteiger partial charge on any atom is 2.00 e. The van der Waals surface area contributed by atoms with Gasteiger partial charge in [0.25, 0.3) is 0 Å². The Morgan fingerprint density at radius 3 is 1.00 bits per heavy atom. The molecule has 1 radical (unpaired) electrons. The molecular formula is HCrLiMnNiO. The third-order valence-corrected chi connectivity index (χ3v) is 0. The van der Waals surface area contributed by atoms with Gasteiger partial charge < -0.3 is 5.48 Å². The zero-order valence-corrected chi connectivity index (χ0v) is 4.95. The van der Waals surface area contributed by atoms with Crippen molar-refractivity contribution in [1.29, 1.82) is 0 Å². The quantitative estimate of drug-likeness (QED) is 0.448. The molecule has 5 heteroatoms. The van der Waals surface area contributed by atoms with Crippen molar-refractivity contribution in [2.45, 2.75) is 0 Å². The van der Waals surface area contributed by atoms with Gasteiger partial charge >= 0.3 is 35.9 Å². The fourth-order valence-corrected chi connectivity index (χ4v) is 0. The van der Waals surface area contributed by atoms with Crippen LogP contribution in [0.1, 0.15) is 0 Å². The average Bonchev–Trinajstić information content (AvgIpc) is 0. The Morgan fingerprint density at radius 1 is 1.00 bits per heavy atom. The van der Waals surface area contributed by atoms with Crippen LogP contribution in [-0.4, -0.2) is 18.9 Å². The van der Waals surface area contributed by atoms with E-state index in [0.717, 1.165) is 0 Å². The van der Waals surface area contributed by atoms with Gasteiger partial charge in [0.2, 0.25) is 0 Å². The van der Waals surface area contributed by atoms with Gasteiger partial charge in [-0.25, -0.2) is 0 Å². The Hall–Kier alpha value is 2.10. The van der Waals surface area contributed by atoms with Gasteiger partial charge in [0.15, 0.2) is 0 Å². The molecule has 0 amide bonds. The van der Waals surface area contributed by atoms with Gasteiger partial charge in [0, 0.05) is 33.9 Å². The first-order valence-corrected chi connectivity index (χ1v) is 0. The van der Waals surface area contributed by atoms with Crippen LogP contribution in [0.4, 0.5) is 0 Å². The zero-order chi connectivity index (χ0) is 0. The van der Waals surface area contributed by atoms with E-state index in [1.54, 1.807) is 0 Å². The van der Waals surface area contributed by atoms with Gasteiger partial charge in [-0.05, 0) is 0 Å². The standard InChI is InChI=1S/Cr.Li.Mn.Ni.O.H/q;;+2;;-2;. The number of rotatable bonds is 0. The summed E-state index contributed by atoms with van der Waals surface area (Å²) in [4.78, 5) is 0. The van der Waals surface area contributed by atoms with Crippen LogP contribution in [0.3, 0.4) is 0 Å². The van der Waals surface area contributed by atoms with E-state index in [-0.39, 0.29) is 75.3 Å². The van der Waals surface area contributed by atoms with Crippen molar-refractivity contribution in [2.75, 3.05) is 0 Å². The van der Waals surface area contributed by atoms with Crippen LogP contribution in [-0.2, 0) is 56.4 Å². The second-order valence-electron chi connectivity index (χ2n) is 0. The summed E-state index contributed by atoms with van der Waals surface area (Å²) >= 11 is 0. The minimum Gasteiger partial charge on any atom is -2.00 e. The Labute approximate surface area is 74.7 Å². The maximum atomic E-state index is 0. The van der Waals surface area contributed by atoms with Crippen molar-refractivity contribution < 1.29 is 56.4 Å². The molecule has 0 aliphatic carbocycles. The van der Waals surface area contributed by atoms with E-state index in [0.29, 0.717) is 0 Å². The molecule has 0 aromatic carbocycles. The minimum atomic E-state index is 0. The molecule has 0 saturated carbocycles. The predicted molar refractivity (Wildman–Crippen MR) is 7.84 cm³/mol. The smallest absolute Gasteiger partial charge is 2.00 e. The third-order valence-electron chi connectivity index (χ3n) is 0. The van der Waals surface area contributed by atoms with Gasteiger partial charge in [0.1, 0.15) is 0 Å². The molecule has 5 heavy (non-hydrogen) atoms. The molecular weight excluding hydrogens is 189 g/mol. The van der Waals surface area contributed by atoms with E-state index in [2.05, 4.69) is 0 Å². The third kappa shape index (κ3) is 23.2. The predicted octanol–water partition coefficient (Wildman–Crippen LogP) is -0.775. The number of hydrogen-bond acceptors (Lipinski definition) is 0. The molecule has 1 nitrogen and oxygen atoms in total. The second kappa shape index (κ2) is 35.9. The van der Waals surface area contributed by atoms with E-state index in [1.807, 2.05) is 0 Å². The average molecular weight is 190 g/mol. The van der Waals surface area contributed by atoms with Crippen molar-refractivity contribution in [1.82, 2.24) is 0 Å². The topological polar surface area (TPSA) is 28.5 Å². The molecule has 0 N–H and O–H groups in total. The molecule has 0 aliphatic rings. The van der Waals surface area contributed by atoms with Crippen molar-refractivity contribution in [2.24, 2.45) is 0 Å². The first-order valence-electron chi connectivity index (χ1n) is 0. The van der Waals surface area contributed by atoms with Crippen LogP contribution in [0.2, 0.25) is 0 Å². The molecule has 0 bridgehead atoms. The molecule has 0 unspecified atom stereocenters. The van der Waals surface area contributed by atoms with Gasteiger partial charge in [-0.15, -0.1) is 0 Å². The van der Waals surface area contributed by atoms with Crippen LogP contribution < -0.4 is 0 Å². The fourth-order valence-electron chi connectivity index (χ4n) is 0. The van der Waals surface area contributed by atoms with E-state index in [9.17, 15) is 0 Å². The minimum absolute atomic E-state index is 0. The Balaban J connectivity index is 0. The molecule has 0 aliphatic heterocycles. The van der Waals surface area contributed by atoms with Crippen LogP contribution in [0.5, 0.6) is 0 Å². The SMILES string of the molecule is [Cr].[LiH].[Mn+2].[Ni].[O-2]. The first-order chi connectivity index (χ1) is 0. The van der Waals surface area contributed by atoms with Gasteiger partial charge in [-0.2, -0.15) is 0 Å². The summed E-state index contributed by atoms with van der Waals surface area (Å²) < 4.78 is 0. The van der Waals surface area contributed by atoms with Crippen LogP contribution in [0.15, 0.2) is 0 Å².